The van der Waals surface area contributed by atoms with E-state index in [4.69, 9.17) is 18.5 Å². The van der Waals surface area contributed by atoms with E-state index < -0.39 is 14.0 Å². The minimum absolute atomic E-state index is 0.0932. The van der Waals surface area contributed by atoms with Crippen molar-refractivity contribution in [1.29, 1.82) is 0 Å². The lowest BCUT2D eigenvalue weighted by molar-refractivity contribution is -0.870. The molecule has 0 saturated heterocycles. The first-order chi connectivity index (χ1) is 21.5. The number of fused-ring (bicyclic) bond motifs is 5. The number of nitrogens with zero attached hydrogens (tertiary/aromatic N) is 1. The van der Waals surface area contributed by atoms with Gasteiger partial charge in [0.15, 0.2) is 0 Å². The van der Waals surface area contributed by atoms with Gasteiger partial charge in [-0.3, -0.25) is 9.05 Å². The van der Waals surface area contributed by atoms with Gasteiger partial charge in [-0.15, -0.1) is 0 Å². The Morgan fingerprint density at radius 2 is 1.72 bits per heavy atom. The highest BCUT2D eigenvalue weighted by Crippen LogP contribution is 2.67. The van der Waals surface area contributed by atoms with Crippen LogP contribution < -0.4 is 0 Å². The summed E-state index contributed by atoms with van der Waals surface area (Å²) in [5, 5.41) is 0. The predicted molar refractivity (Wildman–Crippen MR) is 183 cm³/mol. The van der Waals surface area contributed by atoms with Crippen molar-refractivity contribution >= 4 is 14.0 Å². The minimum Gasteiger partial charge on any atom is -0.432 e. The minimum atomic E-state index is -4.19. The van der Waals surface area contributed by atoms with Gasteiger partial charge in [0.25, 0.3) is 0 Å². The zero-order chi connectivity index (χ0) is 33.9. The number of carbonyl (C=O) groups is 1. The van der Waals surface area contributed by atoms with Gasteiger partial charge in [0.05, 0.1) is 27.7 Å². The van der Waals surface area contributed by atoms with Gasteiger partial charge in [-0.25, -0.2) is 9.36 Å². The Hall–Kier alpha value is -0.920. The summed E-state index contributed by atoms with van der Waals surface area (Å²) in [6.07, 6.45) is 14.9. The summed E-state index contributed by atoms with van der Waals surface area (Å²) in [6, 6.07) is 0. The summed E-state index contributed by atoms with van der Waals surface area (Å²) in [5.41, 5.74) is 2.13. The molecule has 46 heavy (non-hydrogen) atoms. The maximum Gasteiger partial charge on any atom is 0.508 e. The van der Waals surface area contributed by atoms with Gasteiger partial charge < -0.3 is 18.9 Å². The fourth-order valence-electron chi connectivity index (χ4n) is 10.3. The fourth-order valence-corrected chi connectivity index (χ4v) is 11.0. The molecule has 3 saturated carbocycles. The van der Waals surface area contributed by atoms with Crippen LogP contribution in [0.25, 0.3) is 0 Å². The van der Waals surface area contributed by atoms with Gasteiger partial charge in [-0.1, -0.05) is 66.0 Å². The van der Waals surface area contributed by atoms with Gasteiger partial charge in [0, 0.05) is 6.42 Å². The number of ether oxygens (including phenoxy) is 2. The van der Waals surface area contributed by atoms with Crippen LogP contribution in [0.1, 0.15) is 112 Å². The van der Waals surface area contributed by atoms with Crippen molar-refractivity contribution in [3.8, 4) is 0 Å². The first kappa shape index (κ1) is 37.9. The molecule has 266 valence electrons. The lowest BCUT2D eigenvalue weighted by Gasteiger charge is -2.58. The van der Waals surface area contributed by atoms with Crippen LogP contribution in [-0.2, 0) is 23.1 Å². The average Bonchev–Trinajstić information content (AvgIpc) is 3.32. The number of allylic oxidation sites excluding steroid dienone is 1. The van der Waals surface area contributed by atoms with E-state index in [1.165, 1.54) is 50.5 Å². The highest BCUT2D eigenvalue weighted by Gasteiger charge is 2.59. The van der Waals surface area contributed by atoms with Crippen LogP contribution in [0.3, 0.4) is 0 Å². The van der Waals surface area contributed by atoms with E-state index in [9.17, 15) is 14.3 Å². The second-order valence-corrected chi connectivity index (χ2v) is 18.6. The number of quaternary nitrogens is 1. The molecule has 4 unspecified atom stereocenters. The molecule has 0 aromatic rings. The largest absolute Gasteiger partial charge is 0.508 e. The van der Waals surface area contributed by atoms with Crippen molar-refractivity contribution < 1.29 is 37.3 Å². The fraction of sp³-hybridized carbons (Fsp3) is 0.919. The Kier molecular flexibility index (Phi) is 12.6. The van der Waals surface area contributed by atoms with E-state index in [1.54, 1.807) is 0 Å². The molecule has 0 radical (unpaired) electrons. The zero-order valence-corrected chi connectivity index (χ0v) is 31.5. The second kappa shape index (κ2) is 15.3. The molecule has 0 amide bonds. The molecule has 4 aliphatic carbocycles. The third kappa shape index (κ3) is 9.00. The summed E-state index contributed by atoms with van der Waals surface area (Å²) in [5.74, 6) is 5.61. The Morgan fingerprint density at radius 1 is 1.00 bits per heavy atom. The van der Waals surface area contributed by atoms with Crippen LogP contribution in [0, 0.1) is 52.3 Å². The maximum atomic E-state index is 12.5. The predicted octanol–water partition coefficient (Wildman–Crippen LogP) is 9.03. The first-order valence-corrected chi connectivity index (χ1v) is 19.9. The standard InChI is InChI=1S/C37H66NO7P/c1-10-28(26(2)3)12-11-27(4)32-15-16-33-31-14-13-29-25-30(17-19-36(29,5)34(31)18-20-37(32,33)6)45-35(39)42-23-24-44-46(40,41)43-22-21-38(7,8)9/h13,26-28,30-34H,10-12,14-25H2,1-9H3/p+1/t27-,28-,30+,31?,32-,33?,34?,36+,37-/m1/s1. The summed E-state index contributed by atoms with van der Waals surface area (Å²) in [6.45, 7) is 15.1. The van der Waals surface area contributed by atoms with Gasteiger partial charge in [0.2, 0.25) is 0 Å². The van der Waals surface area contributed by atoms with Crippen molar-refractivity contribution in [2.75, 3.05) is 47.5 Å². The molecule has 0 spiro atoms. The molecule has 0 heterocycles. The first-order valence-electron chi connectivity index (χ1n) is 18.4. The van der Waals surface area contributed by atoms with E-state index in [1.807, 2.05) is 21.1 Å². The van der Waals surface area contributed by atoms with Gasteiger partial charge in [-0.05, 0) is 104 Å². The molecule has 3 fully saturated rings. The lowest BCUT2D eigenvalue weighted by Crippen LogP contribution is -2.51. The molecule has 0 aromatic carbocycles. The summed E-state index contributed by atoms with van der Waals surface area (Å²) < 4.78 is 33.5. The van der Waals surface area contributed by atoms with Gasteiger partial charge in [-0.2, -0.15) is 0 Å². The molecule has 1 N–H and O–H groups in total. The highest BCUT2D eigenvalue weighted by atomic mass is 31.2. The zero-order valence-electron chi connectivity index (χ0n) is 30.6. The van der Waals surface area contributed by atoms with E-state index >= 15 is 0 Å². The third-order valence-corrected chi connectivity index (χ3v) is 14.1. The Labute approximate surface area is 280 Å². The Morgan fingerprint density at radius 3 is 2.39 bits per heavy atom. The Balaban J connectivity index is 1.26. The van der Waals surface area contributed by atoms with Crippen molar-refractivity contribution in [3.05, 3.63) is 11.6 Å². The SMILES string of the molecule is CC[C@H](CC[C@@H](C)[C@H]1CCC2C3CC=C4C[C@@H](OC(=O)OCCOP(=O)(O)OCC[N+](C)(C)C)CC[C@]4(C)C3CC[C@@]21C)C(C)C. The monoisotopic (exact) mass is 668 g/mol. The Bertz CT molecular complexity index is 1100. The van der Waals surface area contributed by atoms with Crippen LogP contribution in [0.5, 0.6) is 0 Å². The molecular weight excluding hydrogens is 601 g/mol. The van der Waals surface area contributed by atoms with Crippen LogP contribution in [0.2, 0.25) is 0 Å². The highest BCUT2D eigenvalue weighted by molar-refractivity contribution is 7.47. The number of phosphoric acid groups is 1. The number of carbonyl (C=O) groups excluding carboxylic acids is 1. The van der Waals surface area contributed by atoms with Gasteiger partial charge >= 0.3 is 14.0 Å². The number of rotatable bonds is 15. The number of phosphoric ester groups is 1. The maximum absolute atomic E-state index is 12.5. The van der Waals surface area contributed by atoms with Crippen LogP contribution in [-0.4, -0.2) is 69.1 Å². The summed E-state index contributed by atoms with van der Waals surface area (Å²) >= 11 is 0. The second-order valence-electron chi connectivity index (χ2n) is 17.2. The molecule has 0 bridgehead atoms. The molecular formula is C37H67NO7P+. The number of likely N-dealkylation sites (N-methyl/N-ethyl adjacent to an activating group) is 1. The average molecular weight is 669 g/mol. The van der Waals surface area contributed by atoms with Crippen LogP contribution in [0.15, 0.2) is 11.6 Å². The third-order valence-electron chi connectivity index (χ3n) is 13.1. The van der Waals surface area contributed by atoms with Crippen molar-refractivity contribution in [1.82, 2.24) is 0 Å². The molecule has 4 rings (SSSR count). The molecule has 8 nitrogen and oxygen atoms in total. The molecule has 0 aromatic heterocycles. The van der Waals surface area contributed by atoms with E-state index in [2.05, 4.69) is 47.6 Å². The lowest BCUT2D eigenvalue weighted by atomic mass is 9.47. The normalized spacial score (nSPS) is 35.3. The number of hydrogen-bond donors (Lipinski definition) is 1. The van der Waals surface area contributed by atoms with Crippen molar-refractivity contribution in [2.45, 2.75) is 118 Å². The van der Waals surface area contributed by atoms with Gasteiger partial charge in [0.1, 0.15) is 25.9 Å². The molecule has 9 heteroatoms. The smallest absolute Gasteiger partial charge is 0.432 e. The summed E-state index contributed by atoms with van der Waals surface area (Å²) in [7, 11) is 1.71. The topological polar surface area (TPSA) is 91.3 Å². The molecule has 10 atom stereocenters. The molecule has 4 aliphatic rings. The van der Waals surface area contributed by atoms with E-state index in [0.29, 0.717) is 22.4 Å². The van der Waals surface area contributed by atoms with Crippen molar-refractivity contribution in [2.24, 2.45) is 52.3 Å². The van der Waals surface area contributed by atoms with Crippen molar-refractivity contribution in [3.63, 3.8) is 0 Å². The quantitative estimate of drug-likeness (QED) is 0.0612. The van der Waals surface area contributed by atoms with Crippen LogP contribution >= 0.6 is 7.82 Å². The summed E-state index contributed by atoms with van der Waals surface area (Å²) in [4.78, 5) is 22.3. The van der Waals surface area contributed by atoms with E-state index in [-0.39, 0.29) is 31.3 Å². The molecule has 0 aliphatic heterocycles. The number of hydrogen-bond acceptors (Lipinski definition) is 6. The van der Waals surface area contributed by atoms with Crippen LogP contribution in [0.4, 0.5) is 4.79 Å². The van der Waals surface area contributed by atoms with E-state index in [0.717, 1.165) is 61.2 Å².